The van der Waals surface area contributed by atoms with E-state index in [2.05, 4.69) is 43.5 Å². The van der Waals surface area contributed by atoms with Crippen LogP contribution in [-0.2, 0) is 5.41 Å². The molecule has 0 unspecified atom stereocenters. The molecule has 1 aromatic rings. The Labute approximate surface area is 130 Å². The van der Waals surface area contributed by atoms with Crippen molar-refractivity contribution in [3.63, 3.8) is 0 Å². The summed E-state index contributed by atoms with van der Waals surface area (Å²) in [5.74, 6) is 1.09. The number of aromatic nitrogens is 2. The van der Waals surface area contributed by atoms with Crippen molar-refractivity contribution in [3.8, 4) is 0 Å². The molecular formula is C16H25N3OS. The maximum absolute atomic E-state index is 12.6. The first-order valence-electron chi connectivity index (χ1n) is 7.37. The van der Waals surface area contributed by atoms with Gasteiger partial charge in [0.05, 0.1) is 11.3 Å². The molecule has 5 heteroatoms. The largest absolute Gasteiger partial charge is 0.362 e. The van der Waals surface area contributed by atoms with Crippen LogP contribution in [0.5, 0.6) is 0 Å². The van der Waals surface area contributed by atoms with E-state index in [1.54, 1.807) is 16.4 Å². The van der Waals surface area contributed by atoms with Gasteiger partial charge in [0.1, 0.15) is 5.03 Å². The highest BCUT2D eigenvalue weighted by Crippen LogP contribution is 2.26. The third kappa shape index (κ3) is 3.30. The summed E-state index contributed by atoms with van der Waals surface area (Å²) in [6.45, 7) is 11.4. The van der Waals surface area contributed by atoms with Crippen LogP contribution in [0, 0.1) is 0 Å². The molecule has 21 heavy (non-hydrogen) atoms. The first kappa shape index (κ1) is 16.1. The number of rotatable bonds is 2. The van der Waals surface area contributed by atoms with Crippen LogP contribution in [0.2, 0.25) is 0 Å². The molecule has 116 valence electrons. The van der Waals surface area contributed by atoms with Crippen molar-refractivity contribution >= 4 is 17.8 Å². The minimum absolute atomic E-state index is 0.0358. The summed E-state index contributed by atoms with van der Waals surface area (Å²) in [5, 5.41) is 4.38. The average molecular weight is 307 g/mol. The zero-order valence-corrected chi connectivity index (χ0v) is 14.6. The van der Waals surface area contributed by atoms with Crippen LogP contribution in [0.25, 0.3) is 6.08 Å². The van der Waals surface area contributed by atoms with Gasteiger partial charge in [-0.25, -0.2) is 4.68 Å². The van der Waals surface area contributed by atoms with E-state index < -0.39 is 0 Å². The third-order valence-corrected chi connectivity index (χ3v) is 4.66. The van der Waals surface area contributed by atoms with Crippen molar-refractivity contribution in [3.05, 3.63) is 32.4 Å². The lowest BCUT2D eigenvalue weighted by molar-refractivity contribution is 0.486. The highest BCUT2D eigenvalue weighted by molar-refractivity contribution is 8.03. The number of nitrogens with zero attached hydrogens (tertiary/aromatic N) is 2. The molecule has 0 aliphatic carbocycles. The standard InChI is InChI=1S/C16H25N3OS/c1-11(2)19-15(20)12(14(17-19)16(3,4)5)7-8-13-18(6)9-10-21-13/h7,11,17H,9-10H2,1-6H3. The summed E-state index contributed by atoms with van der Waals surface area (Å²) in [6, 6.07) is 0.122. The predicted octanol–water partition coefficient (Wildman–Crippen LogP) is 3.19. The molecule has 2 heterocycles. The van der Waals surface area contributed by atoms with E-state index >= 15 is 0 Å². The molecule has 0 amide bonds. The highest BCUT2D eigenvalue weighted by Gasteiger charge is 2.24. The van der Waals surface area contributed by atoms with Gasteiger partial charge in [0.2, 0.25) is 0 Å². The van der Waals surface area contributed by atoms with E-state index in [1.165, 1.54) is 0 Å². The number of hydrogen-bond acceptors (Lipinski definition) is 3. The number of nitrogens with one attached hydrogen (secondary N) is 1. The van der Waals surface area contributed by atoms with E-state index in [9.17, 15) is 4.79 Å². The van der Waals surface area contributed by atoms with Crippen molar-refractivity contribution < 1.29 is 0 Å². The topological polar surface area (TPSA) is 41.0 Å². The van der Waals surface area contributed by atoms with E-state index in [1.807, 2.05) is 19.9 Å². The summed E-state index contributed by atoms with van der Waals surface area (Å²) in [7, 11) is 2.06. The smallest absolute Gasteiger partial charge is 0.274 e. The quantitative estimate of drug-likeness (QED) is 0.853. The molecule has 0 atom stereocenters. The maximum atomic E-state index is 12.6. The van der Waals surface area contributed by atoms with Gasteiger partial charge in [0, 0.05) is 30.8 Å². The molecule has 1 aliphatic rings. The Balaban J connectivity index is 2.57. The average Bonchev–Trinajstić information content (AvgIpc) is 2.90. The van der Waals surface area contributed by atoms with Crippen LogP contribution >= 0.6 is 11.8 Å². The molecule has 2 rings (SSSR count). The normalized spacial score (nSPS) is 15.8. The fourth-order valence-corrected chi connectivity index (χ4v) is 3.33. The third-order valence-electron chi connectivity index (χ3n) is 3.57. The Kier molecular flexibility index (Phi) is 4.45. The van der Waals surface area contributed by atoms with Gasteiger partial charge in [0.25, 0.3) is 5.56 Å². The lowest BCUT2D eigenvalue weighted by Crippen LogP contribution is -2.19. The summed E-state index contributed by atoms with van der Waals surface area (Å²) in [4.78, 5) is 14.8. The second kappa shape index (κ2) is 5.82. The Morgan fingerprint density at radius 3 is 2.52 bits per heavy atom. The number of thioether (sulfide) groups is 1. The van der Waals surface area contributed by atoms with Gasteiger partial charge < -0.3 is 4.90 Å². The molecule has 1 aromatic heterocycles. The van der Waals surface area contributed by atoms with Gasteiger partial charge in [-0.15, -0.1) is 0 Å². The summed E-state index contributed by atoms with van der Waals surface area (Å²) >= 11 is 1.78. The molecule has 0 bridgehead atoms. The maximum Gasteiger partial charge on any atom is 0.274 e. The molecule has 0 saturated carbocycles. The lowest BCUT2D eigenvalue weighted by Gasteiger charge is -2.17. The fraction of sp³-hybridized carbons (Fsp3) is 0.625. The first-order chi connectivity index (χ1) is 9.71. The van der Waals surface area contributed by atoms with Crippen molar-refractivity contribution in [1.29, 1.82) is 0 Å². The van der Waals surface area contributed by atoms with E-state index in [-0.39, 0.29) is 17.0 Å². The van der Waals surface area contributed by atoms with Gasteiger partial charge in [-0.1, -0.05) is 38.3 Å². The molecule has 1 aliphatic heterocycles. The Morgan fingerprint density at radius 1 is 1.38 bits per heavy atom. The van der Waals surface area contributed by atoms with Crippen molar-refractivity contribution in [2.75, 3.05) is 19.3 Å². The zero-order valence-electron chi connectivity index (χ0n) is 13.8. The summed E-state index contributed by atoms with van der Waals surface area (Å²) < 4.78 is 1.70. The van der Waals surface area contributed by atoms with Gasteiger partial charge in [-0.3, -0.25) is 9.89 Å². The SMILES string of the molecule is CC(C)n1[nH]c(C(C)(C)C)c(C=C=C2SCCN2C)c1=O. The van der Waals surface area contributed by atoms with Crippen LogP contribution in [0.1, 0.15) is 51.9 Å². The van der Waals surface area contributed by atoms with Crippen LogP contribution < -0.4 is 5.56 Å². The molecule has 0 aromatic carbocycles. The highest BCUT2D eigenvalue weighted by atomic mass is 32.2. The van der Waals surface area contributed by atoms with Gasteiger partial charge >= 0.3 is 0 Å². The number of H-pyrrole nitrogens is 1. The summed E-state index contributed by atoms with van der Waals surface area (Å²) in [6.07, 6.45) is 1.85. The van der Waals surface area contributed by atoms with Crippen molar-refractivity contribution in [2.24, 2.45) is 0 Å². The van der Waals surface area contributed by atoms with E-state index in [0.29, 0.717) is 0 Å². The first-order valence-corrected chi connectivity index (χ1v) is 8.36. The molecule has 0 radical (unpaired) electrons. The molecule has 0 spiro atoms. The molecular weight excluding hydrogens is 282 g/mol. The number of hydrogen-bond donors (Lipinski definition) is 1. The van der Waals surface area contributed by atoms with E-state index in [0.717, 1.165) is 28.6 Å². The van der Waals surface area contributed by atoms with Crippen LogP contribution in [0.15, 0.2) is 15.6 Å². The fourth-order valence-electron chi connectivity index (χ4n) is 2.31. The number of aromatic amines is 1. The molecule has 1 fully saturated rings. The van der Waals surface area contributed by atoms with Crippen LogP contribution in [0.4, 0.5) is 0 Å². The molecule has 1 N–H and O–H groups in total. The minimum Gasteiger partial charge on any atom is -0.362 e. The zero-order chi connectivity index (χ0) is 15.8. The van der Waals surface area contributed by atoms with Crippen molar-refractivity contribution in [1.82, 2.24) is 14.7 Å². The minimum atomic E-state index is -0.105. The van der Waals surface area contributed by atoms with Crippen molar-refractivity contribution in [2.45, 2.75) is 46.1 Å². The predicted molar refractivity (Wildman–Crippen MR) is 90.7 cm³/mol. The second-order valence-corrected chi connectivity index (χ2v) is 7.87. The van der Waals surface area contributed by atoms with Crippen LogP contribution in [0.3, 0.4) is 0 Å². The Morgan fingerprint density at radius 2 is 2.05 bits per heavy atom. The second-order valence-electron chi connectivity index (χ2n) is 6.78. The van der Waals surface area contributed by atoms with E-state index in [4.69, 9.17) is 0 Å². The Hall–Kier alpha value is -1.32. The Bertz CT molecular complexity index is 639. The van der Waals surface area contributed by atoms with Gasteiger partial charge in [-0.2, -0.15) is 0 Å². The monoisotopic (exact) mass is 307 g/mol. The van der Waals surface area contributed by atoms with Gasteiger partial charge in [0.15, 0.2) is 0 Å². The lowest BCUT2D eigenvalue weighted by atomic mass is 9.89. The molecule has 4 nitrogen and oxygen atoms in total. The molecule has 1 saturated heterocycles. The van der Waals surface area contributed by atoms with Gasteiger partial charge in [-0.05, 0) is 19.9 Å². The van der Waals surface area contributed by atoms with Crippen LogP contribution in [-0.4, -0.2) is 34.0 Å². The summed E-state index contributed by atoms with van der Waals surface area (Å²) in [5.41, 5.74) is 4.93.